The lowest BCUT2D eigenvalue weighted by Crippen LogP contribution is -2.23. The van der Waals surface area contributed by atoms with Crippen molar-refractivity contribution in [2.24, 2.45) is 7.05 Å². The van der Waals surface area contributed by atoms with Gasteiger partial charge in [0, 0.05) is 25.1 Å². The lowest BCUT2D eigenvalue weighted by atomic mass is 10.1. The third kappa shape index (κ3) is 2.42. The molecule has 3 aromatic heterocycles. The summed E-state index contributed by atoms with van der Waals surface area (Å²) in [4.78, 5) is 12.5. The third-order valence-corrected chi connectivity index (χ3v) is 4.59. The third-order valence-electron chi connectivity index (χ3n) is 4.59. The van der Waals surface area contributed by atoms with Crippen molar-refractivity contribution in [3.63, 3.8) is 0 Å². The first-order valence-electron chi connectivity index (χ1n) is 8.06. The van der Waals surface area contributed by atoms with Crippen LogP contribution in [0, 0.1) is 0 Å². The Balaban J connectivity index is 1.52. The van der Waals surface area contributed by atoms with Gasteiger partial charge < -0.3 is 9.88 Å². The summed E-state index contributed by atoms with van der Waals surface area (Å²) in [6, 6.07) is 0. The zero-order valence-corrected chi connectivity index (χ0v) is 13.2. The molecule has 0 saturated carbocycles. The first-order valence-corrected chi connectivity index (χ1v) is 8.06. The van der Waals surface area contributed by atoms with E-state index < -0.39 is 0 Å². The van der Waals surface area contributed by atoms with E-state index in [1.165, 1.54) is 30.5 Å². The van der Waals surface area contributed by atoms with Crippen molar-refractivity contribution in [1.82, 2.24) is 29.7 Å². The molecule has 1 aliphatic rings. The summed E-state index contributed by atoms with van der Waals surface area (Å²) >= 11 is 0. The average molecular weight is 312 g/mol. The number of hydrogen-bond acceptors (Lipinski definition) is 3. The van der Waals surface area contributed by atoms with Crippen LogP contribution in [0.25, 0.3) is 5.65 Å². The molecule has 7 heteroatoms. The van der Waals surface area contributed by atoms with E-state index in [1.54, 1.807) is 10.7 Å². The number of carbonyl (C=O) groups excluding carboxylic acids is 1. The largest absolute Gasteiger partial charge is 0.346 e. The number of imidazole rings is 1. The maximum Gasteiger partial charge on any atom is 0.257 e. The molecular weight excluding hydrogens is 292 g/mol. The van der Waals surface area contributed by atoms with Gasteiger partial charge in [-0.1, -0.05) is 6.42 Å². The average Bonchev–Trinajstić information content (AvgIpc) is 3.19. The molecule has 0 aliphatic heterocycles. The molecule has 120 valence electrons. The first kappa shape index (κ1) is 14.0. The van der Waals surface area contributed by atoms with E-state index in [4.69, 9.17) is 0 Å². The minimum absolute atomic E-state index is 0.118. The fourth-order valence-corrected chi connectivity index (χ4v) is 3.34. The number of aromatic nitrogens is 5. The molecule has 0 unspecified atom stereocenters. The van der Waals surface area contributed by atoms with Crippen molar-refractivity contribution in [2.75, 3.05) is 0 Å². The van der Waals surface area contributed by atoms with Crippen LogP contribution in [-0.2, 0) is 26.4 Å². The highest BCUT2D eigenvalue weighted by molar-refractivity contribution is 5.99. The van der Waals surface area contributed by atoms with Crippen LogP contribution in [0.2, 0.25) is 0 Å². The van der Waals surface area contributed by atoms with Gasteiger partial charge in [-0.15, -0.1) is 0 Å². The van der Waals surface area contributed by atoms with Gasteiger partial charge in [-0.05, 0) is 31.2 Å². The SMILES string of the molecule is Cn1ccn2ncc(C(=O)NCc3n[nH]c4c3CCCCC4)c12. The second-order valence-corrected chi connectivity index (χ2v) is 6.11. The van der Waals surface area contributed by atoms with E-state index in [0.29, 0.717) is 12.1 Å². The summed E-state index contributed by atoms with van der Waals surface area (Å²) in [6.45, 7) is 0.451. The molecule has 0 radical (unpaired) electrons. The van der Waals surface area contributed by atoms with Crippen molar-refractivity contribution < 1.29 is 4.79 Å². The van der Waals surface area contributed by atoms with Gasteiger partial charge in [0.1, 0.15) is 11.2 Å². The molecule has 0 fully saturated rings. The molecule has 3 aromatic rings. The van der Waals surface area contributed by atoms with Crippen LogP contribution >= 0.6 is 0 Å². The Morgan fingerprint density at radius 1 is 1.30 bits per heavy atom. The number of H-pyrrole nitrogens is 1. The first-order chi connectivity index (χ1) is 11.2. The van der Waals surface area contributed by atoms with E-state index >= 15 is 0 Å². The van der Waals surface area contributed by atoms with Crippen molar-refractivity contribution in [2.45, 2.75) is 38.6 Å². The Hall–Kier alpha value is -2.57. The number of aryl methyl sites for hydroxylation is 2. The van der Waals surface area contributed by atoms with Crippen molar-refractivity contribution in [3.05, 3.63) is 41.1 Å². The second kappa shape index (κ2) is 5.57. The summed E-state index contributed by atoms with van der Waals surface area (Å²) in [7, 11) is 1.90. The van der Waals surface area contributed by atoms with Crippen LogP contribution in [0.15, 0.2) is 18.6 Å². The summed E-state index contributed by atoms with van der Waals surface area (Å²) in [5.74, 6) is -0.118. The topological polar surface area (TPSA) is 80.0 Å². The molecule has 1 amide bonds. The lowest BCUT2D eigenvalue weighted by molar-refractivity contribution is 0.0951. The molecule has 0 saturated heterocycles. The van der Waals surface area contributed by atoms with Gasteiger partial charge in [0.2, 0.25) is 0 Å². The predicted molar refractivity (Wildman–Crippen MR) is 85.2 cm³/mol. The van der Waals surface area contributed by atoms with Gasteiger partial charge in [0.25, 0.3) is 5.91 Å². The summed E-state index contributed by atoms with van der Waals surface area (Å²) < 4.78 is 3.60. The number of hydrogen-bond donors (Lipinski definition) is 2. The normalized spacial score (nSPS) is 14.7. The highest BCUT2D eigenvalue weighted by Gasteiger charge is 2.18. The van der Waals surface area contributed by atoms with Crippen molar-refractivity contribution in [3.8, 4) is 0 Å². The number of nitrogens with one attached hydrogen (secondary N) is 2. The van der Waals surface area contributed by atoms with Crippen LogP contribution in [0.4, 0.5) is 0 Å². The molecule has 4 rings (SSSR count). The van der Waals surface area contributed by atoms with Crippen LogP contribution < -0.4 is 5.32 Å². The number of amides is 1. The Morgan fingerprint density at radius 3 is 3.09 bits per heavy atom. The smallest absolute Gasteiger partial charge is 0.257 e. The summed E-state index contributed by atoms with van der Waals surface area (Å²) in [5, 5.41) is 14.7. The maximum atomic E-state index is 12.5. The highest BCUT2D eigenvalue weighted by Crippen LogP contribution is 2.21. The van der Waals surface area contributed by atoms with E-state index in [-0.39, 0.29) is 5.91 Å². The zero-order valence-electron chi connectivity index (χ0n) is 13.2. The van der Waals surface area contributed by atoms with Gasteiger partial charge in [0.15, 0.2) is 0 Å². The number of carbonyl (C=O) groups is 1. The number of nitrogens with zero attached hydrogens (tertiary/aromatic N) is 4. The molecule has 1 aliphatic carbocycles. The quantitative estimate of drug-likeness (QED) is 0.721. The number of fused-ring (bicyclic) bond motifs is 2. The monoisotopic (exact) mass is 312 g/mol. The molecular formula is C16H20N6O. The highest BCUT2D eigenvalue weighted by atomic mass is 16.1. The number of aromatic amines is 1. The van der Waals surface area contributed by atoms with Gasteiger partial charge in [-0.3, -0.25) is 9.89 Å². The Bertz CT molecular complexity index is 855. The summed E-state index contributed by atoms with van der Waals surface area (Å²) in [5.41, 5.74) is 4.87. The Labute approximate surface area is 133 Å². The minimum Gasteiger partial charge on any atom is -0.346 e. The number of rotatable bonds is 3. The van der Waals surface area contributed by atoms with E-state index in [2.05, 4.69) is 20.6 Å². The molecule has 0 atom stereocenters. The molecule has 7 nitrogen and oxygen atoms in total. The van der Waals surface area contributed by atoms with Crippen LogP contribution in [0.3, 0.4) is 0 Å². The van der Waals surface area contributed by atoms with E-state index in [1.807, 2.05) is 24.0 Å². The minimum atomic E-state index is -0.118. The molecule has 23 heavy (non-hydrogen) atoms. The van der Waals surface area contributed by atoms with Gasteiger partial charge in [-0.2, -0.15) is 10.2 Å². The molecule has 0 spiro atoms. The van der Waals surface area contributed by atoms with Crippen LogP contribution in [0.1, 0.15) is 46.6 Å². The van der Waals surface area contributed by atoms with Crippen LogP contribution in [-0.4, -0.2) is 30.3 Å². The summed E-state index contributed by atoms with van der Waals surface area (Å²) in [6.07, 6.45) is 11.1. The van der Waals surface area contributed by atoms with Crippen LogP contribution in [0.5, 0.6) is 0 Å². The molecule has 0 aromatic carbocycles. The van der Waals surface area contributed by atoms with E-state index in [9.17, 15) is 4.79 Å². The predicted octanol–water partition coefficient (Wildman–Crippen LogP) is 1.59. The Morgan fingerprint density at radius 2 is 2.17 bits per heavy atom. The molecule has 3 heterocycles. The lowest BCUT2D eigenvalue weighted by Gasteiger charge is -2.05. The molecule has 0 bridgehead atoms. The van der Waals surface area contributed by atoms with Gasteiger partial charge >= 0.3 is 0 Å². The zero-order chi connectivity index (χ0) is 15.8. The fraction of sp³-hybridized carbons (Fsp3) is 0.438. The van der Waals surface area contributed by atoms with Gasteiger partial charge in [-0.25, -0.2) is 4.52 Å². The molecule has 2 N–H and O–H groups in total. The fourth-order valence-electron chi connectivity index (χ4n) is 3.34. The second-order valence-electron chi connectivity index (χ2n) is 6.11. The van der Waals surface area contributed by atoms with Gasteiger partial charge in [0.05, 0.1) is 18.4 Å². The van der Waals surface area contributed by atoms with E-state index in [0.717, 1.165) is 24.2 Å². The Kier molecular flexibility index (Phi) is 3.40. The maximum absolute atomic E-state index is 12.5. The van der Waals surface area contributed by atoms with Crippen molar-refractivity contribution >= 4 is 11.6 Å². The van der Waals surface area contributed by atoms with Crippen molar-refractivity contribution in [1.29, 1.82) is 0 Å². The standard InChI is InChI=1S/C16H20N6O/c1-21-7-8-22-16(21)12(9-18-22)15(23)17-10-14-11-5-3-2-4-6-13(11)19-20-14/h7-9H,2-6,10H2,1H3,(H,17,23)(H,19,20).